The maximum atomic E-state index is 13.1. The van der Waals surface area contributed by atoms with Gasteiger partial charge in [0.1, 0.15) is 11.4 Å². The fourth-order valence-electron chi connectivity index (χ4n) is 7.25. The summed E-state index contributed by atoms with van der Waals surface area (Å²) in [7, 11) is 0. The number of nitrogens with two attached hydrogens (primary N) is 1. The molecule has 5 aliphatic heterocycles. The van der Waals surface area contributed by atoms with Crippen molar-refractivity contribution in [1.82, 2.24) is 5.32 Å². The lowest BCUT2D eigenvalue weighted by molar-refractivity contribution is -0.385. The van der Waals surface area contributed by atoms with Crippen LogP contribution in [0.4, 0.5) is 32.8 Å². The number of nitro benzene ring substituents is 2. The van der Waals surface area contributed by atoms with Crippen LogP contribution in [-0.4, -0.2) is 85.1 Å². The van der Waals surface area contributed by atoms with E-state index < -0.39 is 22.3 Å². The van der Waals surface area contributed by atoms with Crippen molar-refractivity contribution < 1.29 is 38.3 Å². The molecule has 0 saturated carbocycles. The number of anilines is 3. The Hall–Kier alpha value is -4.90. The third-order valence-electron chi connectivity index (χ3n) is 9.93. The van der Waals surface area contributed by atoms with Crippen molar-refractivity contribution in [2.75, 3.05) is 61.6 Å². The number of nitrogen functional groups attached to an aromatic ring is 1. The fraction of sp³-hybridized carbons (Fsp3) is 0.500. The van der Waals surface area contributed by atoms with Crippen LogP contribution in [0.5, 0.6) is 0 Å². The maximum Gasteiger partial charge on any atom is 0.341 e. The number of ether oxygens (including phenoxy) is 3. The predicted octanol–water partition coefficient (Wildman–Crippen LogP) is 5.50. The second-order valence-electron chi connectivity index (χ2n) is 13.6. The summed E-state index contributed by atoms with van der Waals surface area (Å²) in [6, 6.07) is 15.4. The lowest BCUT2D eigenvalue weighted by atomic mass is 10.1. The van der Waals surface area contributed by atoms with Crippen molar-refractivity contribution >= 4 is 34.4 Å². The third-order valence-corrected chi connectivity index (χ3v) is 9.93. The van der Waals surface area contributed by atoms with Gasteiger partial charge < -0.3 is 40.2 Å². The molecule has 16 heteroatoms. The highest BCUT2D eigenvalue weighted by molar-refractivity contribution is 5.90. The highest BCUT2D eigenvalue weighted by Gasteiger charge is 2.30. The molecule has 0 unspecified atom stereocenters. The van der Waals surface area contributed by atoms with Crippen molar-refractivity contribution in [3.8, 4) is 0 Å². The Morgan fingerprint density at radius 1 is 0.889 bits per heavy atom. The molecule has 3 aromatic carbocycles. The van der Waals surface area contributed by atoms with E-state index in [1.807, 2.05) is 18.2 Å². The summed E-state index contributed by atoms with van der Waals surface area (Å²) in [5, 5.41) is 32.8. The first kappa shape index (κ1) is 40.3. The van der Waals surface area contributed by atoms with E-state index in [0.717, 1.165) is 80.8 Å². The molecule has 3 atom stereocenters. The van der Waals surface area contributed by atoms with E-state index in [1.165, 1.54) is 36.9 Å². The lowest BCUT2D eigenvalue weighted by Crippen LogP contribution is -2.31. The number of rotatable bonds is 5. The van der Waals surface area contributed by atoms with Crippen LogP contribution in [0.25, 0.3) is 0 Å². The monoisotopic (exact) mass is 752 g/mol. The topological polar surface area (TPSA) is 196 Å². The van der Waals surface area contributed by atoms with E-state index >= 15 is 0 Å². The molecule has 292 valence electrons. The van der Waals surface area contributed by atoms with Crippen LogP contribution in [0.3, 0.4) is 0 Å². The molecule has 0 radical (unpaired) electrons. The number of halogens is 1. The summed E-state index contributed by atoms with van der Waals surface area (Å²) in [5.74, 6) is -1.74. The number of carbonyl (C=O) groups excluding carboxylic acids is 1. The Morgan fingerprint density at radius 3 is 2.00 bits per heavy atom. The molecular weight excluding hydrogens is 703 g/mol. The summed E-state index contributed by atoms with van der Waals surface area (Å²) in [5.41, 5.74) is 10.6. The predicted molar refractivity (Wildman–Crippen MR) is 201 cm³/mol. The molecule has 0 amide bonds. The molecule has 3 fully saturated rings. The minimum atomic E-state index is -0.904. The SMILES string of the molecule is CCOC(=O)c1cc([N+](=O)[O-])ccc1F.Nc1ccc2c(c1)COC[C@@H]1CCCN21.O=[N+]([O-])c1ccc2c(c1)COC[C@@H]1CCCN21.OC[C@@H]1CCCN1. The molecule has 8 rings (SSSR count). The standard InChI is InChI=1S/C12H14N2O3.C12H16N2O.C9H8FNO4.C5H11NO/c15-14(16)10-3-4-12-9(6-10)7-17-8-11-2-1-5-13(11)12;13-10-3-4-12-9(6-10)7-15-8-11-2-1-5-14(11)12;1-2-15-9(12)7-5-6(11(13)14)3-4-8(7)10;7-4-5-2-1-3-6-5/h3-4,6,11H,1-2,5,7-8H2;3-4,6,11H,1-2,5,7-8,13H2;3-5H,2H2,1H3;5-7H,1-4H2/t2*11-;;5-/m00.0/s1. The Bertz CT molecular complexity index is 1760. The van der Waals surface area contributed by atoms with E-state index in [4.69, 9.17) is 20.3 Å². The van der Waals surface area contributed by atoms with Crippen LogP contribution in [0.15, 0.2) is 54.6 Å². The van der Waals surface area contributed by atoms with Gasteiger partial charge in [-0.2, -0.15) is 0 Å². The second-order valence-corrected chi connectivity index (χ2v) is 13.6. The van der Waals surface area contributed by atoms with E-state index in [1.54, 1.807) is 19.1 Å². The molecule has 0 aliphatic carbocycles. The Kier molecular flexibility index (Phi) is 14.5. The Balaban J connectivity index is 0.000000143. The molecule has 5 heterocycles. The number of aliphatic hydroxyl groups excluding tert-OH is 1. The van der Waals surface area contributed by atoms with Crippen molar-refractivity contribution in [3.05, 3.63) is 97.3 Å². The molecule has 0 spiro atoms. The van der Waals surface area contributed by atoms with Gasteiger partial charge in [0, 0.05) is 71.6 Å². The minimum Gasteiger partial charge on any atom is -0.462 e. The normalized spacial score (nSPS) is 20.8. The first-order valence-electron chi connectivity index (χ1n) is 18.4. The first-order chi connectivity index (χ1) is 26.1. The molecule has 15 nitrogen and oxygen atoms in total. The van der Waals surface area contributed by atoms with Crippen LogP contribution in [0, 0.1) is 26.0 Å². The number of nitrogens with zero attached hydrogens (tertiary/aromatic N) is 4. The zero-order valence-corrected chi connectivity index (χ0v) is 30.5. The van der Waals surface area contributed by atoms with Crippen LogP contribution < -0.4 is 20.9 Å². The third kappa shape index (κ3) is 10.4. The second kappa shape index (κ2) is 19.4. The zero-order chi connectivity index (χ0) is 38.6. The number of hydrogen-bond donors (Lipinski definition) is 3. The summed E-state index contributed by atoms with van der Waals surface area (Å²) < 4.78 is 28.9. The average molecular weight is 753 g/mol. The highest BCUT2D eigenvalue weighted by Crippen LogP contribution is 2.35. The summed E-state index contributed by atoms with van der Waals surface area (Å²) in [6.07, 6.45) is 7.23. The smallest absolute Gasteiger partial charge is 0.341 e. The Labute approximate surface area is 313 Å². The first-order valence-corrected chi connectivity index (χ1v) is 18.4. The van der Waals surface area contributed by atoms with Gasteiger partial charge >= 0.3 is 5.97 Å². The average Bonchev–Trinajstić information content (AvgIpc) is 3.93. The van der Waals surface area contributed by atoms with Gasteiger partial charge in [0.05, 0.1) is 61.6 Å². The zero-order valence-electron chi connectivity index (χ0n) is 30.5. The quantitative estimate of drug-likeness (QED) is 0.128. The molecule has 0 bridgehead atoms. The van der Waals surface area contributed by atoms with Gasteiger partial charge in [-0.25, -0.2) is 9.18 Å². The van der Waals surface area contributed by atoms with Gasteiger partial charge in [-0.3, -0.25) is 20.2 Å². The highest BCUT2D eigenvalue weighted by atomic mass is 19.1. The van der Waals surface area contributed by atoms with Crippen LogP contribution >= 0.6 is 0 Å². The number of hydrogen-bond acceptors (Lipinski definition) is 13. The number of esters is 1. The van der Waals surface area contributed by atoms with E-state index in [9.17, 15) is 29.4 Å². The number of carbonyl (C=O) groups is 1. The van der Waals surface area contributed by atoms with E-state index in [2.05, 4.69) is 25.9 Å². The lowest BCUT2D eigenvalue weighted by Gasteiger charge is -2.25. The van der Waals surface area contributed by atoms with Crippen LogP contribution in [0.1, 0.15) is 66.9 Å². The van der Waals surface area contributed by atoms with Gasteiger partial charge in [-0.15, -0.1) is 0 Å². The van der Waals surface area contributed by atoms with Gasteiger partial charge in [0.15, 0.2) is 0 Å². The molecule has 54 heavy (non-hydrogen) atoms. The summed E-state index contributed by atoms with van der Waals surface area (Å²) in [6.45, 7) is 7.98. The van der Waals surface area contributed by atoms with Gasteiger partial charge in [0.2, 0.25) is 0 Å². The van der Waals surface area contributed by atoms with E-state index in [-0.39, 0.29) is 22.9 Å². The number of nitrogens with one attached hydrogen (secondary N) is 1. The summed E-state index contributed by atoms with van der Waals surface area (Å²) in [4.78, 5) is 36.0. The molecule has 5 aliphatic rings. The minimum absolute atomic E-state index is 0.0843. The van der Waals surface area contributed by atoms with Crippen molar-refractivity contribution in [2.24, 2.45) is 0 Å². The van der Waals surface area contributed by atoms with Crippen LogP contribution in [-0.2, 0) is 27.4 Å². The van der Waals surface area contributed by atoms with Gasteiger partial charge in [-0.05, 0) is 82.3 Å². The largest absolute Gasteiger partial charge is 0.462 e. The number of non-ortho nitro benzene ring substituents is 2. The Morgan fingerprint density at radius 2 is 1.46 bits per heavy atom. The molecule has 3 saturated heterocycles. The number of nitro groups is 2. The maximum absolute atomic E-state index is 13.1. The van der Waals surface area contributed by atoms with Crippen LogP contribution in [0.2, 0.25) is 0 Å². The molecular formula is C38H49FN6O9. The summed E-state index contributed by atoms with van der Waals surface area (Å²) >= 11 is 0. The number of fused-ring (bicyclic) bond motifs is 6. The van der Waals surface area contributed by atoms with Gasteiger partial charge in [0.25, 0.3) is 11.4 Å². The van der Waals surface area contributed by atoms with Gasteiger partial charge in [-0.1, -0.05) is 0 Å². The molecule has 0 aromatic heterocycles. The van der Waals surface area contributed by atoms with E-state index in [0.29, 0.717) is 37.9 Å². The van der Waals surface area contributed by atoms with Crippen molar-refractivity contribution in [1.29, 1.82) is 0 Å². The van der Waals surface area contributed by atoms with Crippen molar-refractivity contribution in [3.63, 3.8) is 0 Å². The molecule has 3 aromatic rings. The fourth-order valence-corrected chi connectivity index (χ4v) is 7.25. The van der Waals surface area contributed by atoms with Crippen molar-refractivity contribution in [2.45, 2.75) is 76.8 Å². The molecule has 4 N–H and O–H groups in total. The number of aliphatic hydroxyl groups is 1. The number of benzene rings is 3.